The van der Waals surface area contributed by atoms with Crippen LogP contribution in [0.4, 0.5) is 5.69 Å². The van der Waals surface area contributed by atoms with E-state index in [1.54, 1.807) is 23.9 Å². The van der Waals surface area contributed by atoms with Crippen LogP contribution < -0.4 is 4.90 Å². The highest BCUT2D eigenvalue weighted by molar-refractivity contribution is 9.10. The van der Waals surface area contributed by atoms with Crippen molar-refractivity contribution in [2.45, 2.75) is 6.04 Å². The maximum Gasteiger partial charge on any atom is 0.327 e. The molecule has 0 saturated carbocycles. The Hall–Kier alpha value is -1.19. The molecule has 0 amide bonds. The second kappa shape index (κ2) is 5.63. The first kappa shape index (κ1) is 13.2. The molecule has 1 aromatic rings. The summed E-state index contributed by atoms with van der Waals surface area (Å²) in [6, 6.07) is 6.98. The van der Waals surface area contributed by atoms with Crippen molar-refractivity contribution in [1.29, 1.82) is 5.26 Å². The molecule has 1 unspecified atom stereocenters. The molecule has 1 fully saturated rings. The molecule has 1 aliphatic heterocycles. The number of halogens is 1. The van der Waals surface area contributed by atoms with Crippen LogP contribution in [0.2, 0.25) is 0 Å². The molecule has 18 heavy (non-hydrogen) atoms. The van der Waals surface area contributed by atoms with Crippen LogP contribution in [0, 0.1) is 11.3 Å². The molecular formula is C12H11BrN2O2S. The van der Waals surface area contributed by atoms with Crippen LogP contribution in [0.5, 0.6) is 0 Å². The summed E-state index contributed by atoms with van der Waals surface area (Å²) in [6.45, 7) is 0.646. The number of benzene rings is 1. The summed E-state index contributed by atoms with van der Waals surface area (Å²) in [4.78, 5) is 13.1. The van der Waals surface area contributed by atoms with Crippen LogP contribution >= 0.6 is 27.7 Å². The van der Waals surface area contributed by atoms with Crippen molar-refractivity contribution < 1.29 is 9.90 Å². The van der Waals surface area contributed by atoms with Gasteiger partial charge >= 0.3 is 5.97 Å². The average molecular weight is 327 g/mol. The van der Waals surface area contributed by atoms with E-state index in [9.17, 15) is 15.2 Å². The highest BCUT2D eigenvalue weighted by atomic mass is 79.9. The third kappa shape index (κ3) is 2.47. The predicted molar refractivity (Wildman–Crippen MR) is 75.0 cm³/mol. The van der Waals surface area contributed by atoms with Gasteiger partial charge in [-0.3, -0.25) is 0 Å². The molecule has 0 aromatic heterocycles. The molecule has 1 N–H and O–H groups in total. The van der Waals surface area contributed by atoms with Crippen molar-refractivity contribution >= 4 is 39.3 Å². The molecule has 2 rings (SSSR count). The topological polar surface area (TPSA) is 64.3 Å². The SMILES string of the molecule is N#Cc1c(Br)cccc1N1CCSCC1C(=O)O. The molecule has 4 nitrogen and oxygen atoms in total. The van der Waals surface area contributed by atoms with Gasteiger partial charge in [-0.15, -0.1) is 0 Å². The summed E-state index contributed by atoms with van der Waals surface area (Å²) in [5, 5.41) is 18.4. The predicted octanol–water partition coefficient (Wildman–Crippen LogP) is 2.33. The van der Waals surface area contributed by atoms with E-state index in [1.165, 1.54) is 0 Å². The van der Waals surface area contributed by atoms with E-state index < -0.39 is 12.0 Å². The zero-order valence-electron chi connectivity index (χ0n) is 9.47. The van der Waals surface area contributed by atoms with Gasteiger partial charge in [-0.1, -0.05) is 6.07 Å². The minimum Gasteiger partial charge on any atom is -0.480 e. The van der Waals surface area contributed by atoms with Crippen molar-refractivity contribution in [1.82, 2.24) is 0 Å². The van der Waals surface area contributed by atoms with Gasteiger partial charge in [0.1, 0.15) is 12.1 Å². The number of anilines is 1. The van der Waals surface area contributed by atoms with E-state index >= 15 is 0 Å². The van der Waals surface area contributed by atoms with E-state index in [0.717, 1.165) is 5.75 Å². The number of rotatable bonds is 2. The van der Waals surface area contributed by atoms with Crippen molar-refractivity contribution in [2.24, 2.45) is 0 Å². The van der Waals surface area contributed by atoms with E-state index in [0.29, 0.717) is 28.0 Å². The molecule has 0 bridgehead atoms. The minimum absolute atomic E-state index is 0.496. The number of nitrogens with zero attached hydrogens (tertiary/aromatic N) is 2. The van der Waals surface area contributed by atoms with Crippen molar-refractivity contribution in [3.05, 3.63) is 28.2 Å². The van der Waals surface area contributed by atoms with E-state index in [2.05, 4.69) is 22.0 Å². The van der Waals surface area contributed by atoms with Gasteiger partial charge in [-0.2, -0.15) is 17.0 Å². The second-order valence-corrected chi connectivity index (χ2v) is 5.87. The largest absolute Gasteiger partial charge is 0.480 e. The van der Waals surface area contributed by atoms with E-state index in [1.807, 2.05) is 11.0 Å². The zero-order valence-corrected chi connectivity index (χ0v) is 11.9. The Labute approximate surface area is 118 Å². The summed E-state index contributed by atoms with van der Waals surface area (Å²) in [5.74, 6) is 0.583. The quantitative estimate of drug-likeness (QED) is 0.903. The number of carboxylic acid groups (broad SMARTS) is 1. The molecule has 1 aromatic carbocycles. The Morgan fingerprint density at radius 2 is 2.39 bits per heavy atom. The second-order valence-electron chi connectivity index (χ2n) is 3.87. The fourth-order valence-electron chi connectivity index (χ4n) is 1.96. The van der Waals surface area contributed by atoms with E-state index in [4.69, 9.17) is 0 Å². The molecule has 94 valence electrons. The monoisotopic (exact) mass is 326 g/mol. The Bertz CT molecular complexity index is 515. The van der Waals surface area contributed by atoms with Crippen LogP contribution in [-0.2, 0) is 4.79 Å². The third-order valence-electron chi connectivity index (χ3n) is 2.83. The average Bonchev–Trinajstić information content (AvgIpc) is 2.38. The lowest BCUT2D eigenvalue weighted by Gasteiger charge is -2.35. The number of carbonyl (C=O) groups is 1. The molecule has 1 heterocycles. The van der Waals surface area contributed by atoms with Gasteiger partial charge in [0.25, 0.3) is 0 Å². The summed E-state index contributed by atoms with van der Waals surface area (Å²) in [7, 11) is 0. The number of hydrogen-bond acceptors (Lipinski definition) is 4. The van der Waals surface area contributed by atoms with Gasteiger partial charge in [0.2, 0.25) is 0 Å². The van der Waals surface area contributed by atoms with Gasteiger partial charge in [0.05, 0.1) is 11.3 Å². The minimum atomic E-state index is -0.842. The summed E-state index contributed by atoms with van der Waals surface area (Å²) in [6.07, 6.45) is 0. The lowest BCUT2D eigenvalue weighted by Crippen LogP contribution is -2.47. The lowest BCUT2D eigenvalue weighted by molar-refractivity contribution is -0.138. The molecule has 0 aliphatic carbocycles. The highest BCUT2D eigenvalue weighted by Crippen LogP contribution is 2.31. The molecular weight excluding hydrogens is 316 g/mol. The molecule has 1 atom stereocenters. The first-order valence-corrected chi connectivity index (χ1v) is 7.35. The maximum atomic E-state index is 11.3. The van der Waals surface area contributed by atoms with Gasteiger partial charge in [-0.25, -0.2) is 4.79 Å². The fraction of sp³-hybridized carbons (Fsp3) is 0.333. The Balaban J connectivity index is 2.43. The molecule has 1 saturated heterocycles. The van der Waals surface area contributed by atoms with E-state index in [-0.39, 0.29) is 0 Å². The number of hydrogen-bond donors (Lipinski definition) is 1. The molecule has 0 spiro atoms. The first-order valence-electron chi connectivity index (χ1n) is 5.41. The van der Waals surface area contributed by atoms with Crippen molar-refractivity contribution in [2.75, 3.05) is 23.0 Å². The first-order chi connectivity index (χ1) is 8.65. The fourth-order valence-corrected chi connectivity index (χ4v) is 3.44. The van der Waals surface area contributed by atoms with Gasteiger partial charge < -0.3 is 10.0 Å². The Kier molecular flexibility index (Phi) is 4.15. The van der Waals surface area contributed by atoms with Crippen molar-refractivity contribution in [3.63, 3.8) is 0 Å². The van der Waals surface area contributed by atoms with Gasteiger partial charge in [0.15, 0.2) is 0 Å². The third-order valence-corrected chi connectivity index (χ3v) is 4.51. The smallest absolute Gasteiger partial charge is 0.327 e. The lowest BCUT2D eigenvalue weighted by atomic mass is 10.1. The van der Waals surface area contributed by atoms with Crippen LogP contribution in [0.25, 0.3) is 0 Å². The van der Waals surface area contributed by atoms with Crippen LogP contribution in [0.1, 0.15) is 5.56 Å². The van der Waals surface area contributed by atoms with Gasteiger partial charge in [0, 0.05) is 22.5 Å². The van der Waals surface area contributed by atoms with Crippen LogP contribution in [-0.4, -0.2) is 35.2 Å². The number of carboxylic acids is 1. The van der Waals surface area contributed by atoms with Crippen LogP contribution in [0.3, 0.4) is 0 Å². The zero-order chi connectivity index (χ0) is 13.1. The Morgan fingerprint density at radius 1 is 1.61 bits per heavy atom. The van der Waals surface area contributed by atoms with Crippen LogP contribution in [0.15, 0.2) is 22.7 Å². The van der Waals surface area contributed by atoms with Crippen molar-refractivity contribution in [3.8, 4) is 6.07 Å². The molecule has 6 heteroatoms. The molecule has 0 radical (unpaired) electrons. The Morgan fingerprint density at radius 3 is 3.06 bits per heavy atom. The summed E-state index contributed by atoms with van der Waals surface area (Å²) >= 11 is 4.96. The summed E-state index contributed by atoms with van der Waals surface area (Å²) < 4.78 is 0.699. The maximum absolute atomic E-state index is 11.3. The molecule has 1 aliphatic rings. The van der Waals surface area contributed by atoms with Gasteiger partial charge in [-0.05, 0) is 28.1 Å². The number of thioether (sulfide) groups is 1. The number of nitriles is 1. The normalized spacial score (nSPS) is 19.3. The summed E-state index contributed by atoms with van der Waals surface area (Å²) in [5.41, 5.74) is 1.19. The highest BCUT2D eigenvalue weighted by Gasteiger charge is 2.30. The number of aliphatic carboxylic acids is 1. The standard InChI is InChI=1S/C12H11BrN2O2S/c13-9-2-1-3-10(8(9)6-14)15-4-5-18-7-11(15)12(16)17/h1-3,11H,4-5,7H2,(H,16,17).